The van der Waals surface area contributed by atoms with E-state index in [1.165, 1.54) is 29.7 Å². The minimum Gasteiger partial charge on any atom is -0.356 e. The van der Waals surface area contributed by atoms with Crippen molar-refractivity contribution >= 4 is 23.6 Å². The monoisotopic (exact) mass is 402 g/mol. The molecule has 1 saturated carbocycles. The Morgan fingerprint density at radius 1 is 1.18 bits per heavy atom. The fourth-order valence-electron chi connectivity index (χ4n) is 4.05. The van der Waals surface area contributed by atoms with Crippen molar-refractivity contribution in [3.8, 4) is 0 Å². The van der Waals surface area contributed by atoms with Gasteiger partial charge in [0.2, 0.25) is 5.91 Å². The smallest absolute Gasteiger partial charge is 0.225 e. The first-order chi connectivity index (χ1) is 13.7. The van der Waals surface area contributed by atoms with E-state index in [0.29, 0.717) is 11.9 Å². The highest BCUT2D eigenvalue weighted by Gasteiger charge is 2.31. The standard InChI is InChI=1S/C22H34N4OS/c1-17-8-10-20(11-9-17)28-15-13-24-22(23-2)25-19-12-14-26(16-19)21(27)18-6-4-3-5-7-18/h8-11,18-19H,3-7,12-16H2,1-2H3,(H2,23,24,25). The molecule has 1 amide bonds. The summed E-state index contributed by atoms with van der Waals surface area (Å²) in [6, 6.07) is 8.93. The number of thioether (sulfide) groups is 1. The molecule has 2 fully saturated rings. The number of nitrogens with one attached hydrogen (secondary N) is 2. The third-order valence-corrected chi connectivity index (χ3v) is 6.72. The molecule has 0 spiro atoms. The second kappa shape index (κ2) is 10.7. The van der Waals surface area contributed by atoms with Crippen LogP contribution in [-0.4, -0.2) is 55.2 Å². The molecule has 1 heterocycles. The van der Waals surface area contributed by atoms with Crippen molar-refractivity contribution in [2.24, 2.45) is 10.9 Å². The SMILES string of the molecule is CN=C(NCCSc1ccc(C)cc1)NC1CCN(C(=O)C2CCCCC2)C1. The van der Waals surface area contributed by atoms with Crippen molar-refractivity contribution in [3.05, 3.63) is 29.8 Å². The molecule has 5 nitrogen and oxygen atoms in total. The van der Waals surface area contributed by atoms with Gasteiger partial charge in [-0.15, -0.1) is 11.8 Å². The van der Waals surface area contributed by atoms with Crippen LogP contribution in [0, 0.1) is 12.8 Å². The lowest BCUT2D eigenvalue weighted by Gasteiger charge is -2.26. The molecule has 154 valence electrons. The molecule has 1 aliphatic heterocycles. The summed E-state index contributed by atoms with van der Waals surface area (Å²) in [4.78, 5) is 20.4. The normalized spacial score (nSPS) is 21.0. The maximum absolute atomic E-state index is 12.7. The maximum Gasteiger partial charge on any atom is 0.225 e. The number of guanidine groups is 1. The highest BCUT2D eigenvalue weighted by Crippen LogP contribution is 2.26. The number of likely N-dealkylation sites (tertiary alicyclic amines) is 1. The Labute approximate surface area is 173 Å². The van der Waals surface area contributed by atoms with Gasteiger partial charge in [-0.2, -0.15) is 0 Å². The minimum atomic E-state index is 0.267. The van der Waals surface area contributed by atoms with Crippen LogP contribution in [0.2, 0.25) is 0 Å². The molecule has 0 bridgehead atoms. The molecule has 3 rings (SSSR count). The van der Waals surface area contributed by atoms with E-state index in [4.69, 9.17) is 0 Å². The molecule has 0 aromatic heterocycles. The minimum absolute atomic E-state index is 0.267. The summed E-state index contributed by atoms with van der Waals surface area (Å²) in [7, 11) is 1.81. The quantitative estimate of drug-likeness (QED) is 0.331. The number of amides is 1. The van der Waals surface area contributed by atoms with Crippen LogP contribution >= 0.6 is 11.8 Å². The summed E-state index contributed by atoms with van der Waals surface area (Å²) in [6.45, 7) is 4.63. The average molecular weight is 403 g/mol. The van der Waals surface area contributed by atoms with E-state index in [2.05, 4.69) is 51.7 Å². The van der Waals surface area contributed by atoms with Gasteiger partial charge in [0.1, 0.15) is 0 Å². The molecule has 1 aromatic carbocycles. The summed E-state index contributed by atoms with van der Waals surface area (Å²) in [5.41, 5.74) is 1.29. The Balaban J connectivity index is 1.36. The van der Waals surface area contributed by atoms with Gasteiger partial charge in [0.15, 0.2) is 5.96 Å². The summed E-state index contributed by atoms with van der Waals surface area (Å²) in [5.74, 6) is 2.47. The van der Waals surface area contributed by atoms with E-state index >= 15 is 0 Å². The second-order valence-electron chi connectivity index (χ2n) is 7.91. The Morgan fingerprint density at radius 2 is 1.93 bits per heavy atom. The van der Waals surface area contributed by atoms with Gasteiger partial charge < -0.3 is 15.5 Å². The zero-order valence-electron chi connectivity index (χ0n) is 17.2. The maximum atomic E-state index is 12.7. The number of nitrogens with zero attached hydrogens (tertiary/aromatic N) is 2. The third kappa shape index (κ3) is 6.16. The van der Waals surface area contributed by atoms with Crippen molar-refractivity contribution < 1.29 is 4.79 Å². The Morgan fingerprint density at radius 3 is 2.64 bits per heavy atom. The van der Waals surface area contributed by atoms with Gasteiger partial charge >= 0.3 is 0 Å². The summed E-state index contributed by atoms with van der Waals surface area (Å²) in [5, 5.41) is 6.90. The molecule has 1 unspecified atom stereocenters. The van der Waals surface area contributed by atoms with E-state index in [0.717, 1.165) is 50.6 Å². The molecule has 1 saturated heterocycles. The molecule has 0 radical (unpaired) electrons. The van der Waals surface area contributed by atoms with Crippen molar-refractivity contribution in [2.45, 2.75) is 56.4 Å². The zero-order chi connectivity index (χ0) is 19.8. The van der Waals surface area contributed by atoms with Gasteiger partial charge in [0.25, 0.3) is 0 Å². The van der Waals surface area contributed by atoms with Crippen LogP contribution < -0.4 is 10.6 Å². The number of carbonyl (C=O) groups is 1. The number of hydrogen-bond acceptors (Lipinski definition) is 3. The molecule has 2 aliphatic rings. The van der Waals surface area contributed by atoms with Crippen LogP contribution in [0.25, 0.3) is 0 Å². The van der Waals surface area contributed by atoms with Crippen molar-refractivity contribution in [3.63, 3.8) is 0 Å². The molecule has 6 heteroatoms. The van der Waals surface area contributed by atoms with Crippen molar-refractivity contribution in [2.75, 3.05) is 32.4 Å². The first-order valence-electron chi connectivity index (χ1n) is 10.6. The molecule has 1 aliphatic carbocycles. The highest BCUT2D eigenvalue weighted by atomic mass is 32.2. The number of aryl methyl sites for hydroxylation is 1. The summed E-state index contributed by atoms with van der Waals surface area (Å²) >= 11 is 1.85. The number of hydrogen-bond donors (Lipinski definition) is 2. The van der Waals surface area contributed by atoms with E-state index in [1.54, 1.807) is 0 Å². The Kier molecular flexibility index (Phi) is 8.07. The Hall–Kier alpha value is -1.69. The van der Waals surface area contributed by atoms with Crippen LogP contribution in [0.1, 0.15) is 44.1 Å². The molecular formula is C22H34N4OS. The first-order valence-corrected chi connectivity index (χ1v) is 11.6. The highest BCUT2D eigenvalue weighted by molar-refractivity contribution is 7.99. The largest absolute Gasteiger partial charge is 0.356 e. The second-order valence-corrected chi connectivity index (χ2v) is 9.08. The van der Waals surface area contributed by atoms with Gasteiger partial charge in [-0.3, -0.25) is 9.79 Å². The van der Waals surface area contributed by atoms with Crippen LogP contribution in [0.5, 0.6) is 0 Å². The van der Waals surface area contributed by atoms with E-state index < -0.39 is 0 Å². The molecule has 28 heavy (non-hydrogen) atoms. The van der Waals surface area contributed by atoms with Crippen LogP contribution in [-0.2, 0) is 4.79 Å². The topological polar surface area (TPSA) is 56.7 Å². The van der Waals surface area contributed by atoms with Crippen molar-refractivity contribution in [1.82, 2.24) is 15.5 Å². The molecular weight excluding hydrogens is 368 g/mol. The lowest BCUT2D eigenvalue weighted by Crippen LogP contribution is -2.46. The van der Waals surface area contributed by atoms with Crippen LogP contribution in [0.3, 0.4) is 0 Å². The first kappa shape index (κ1) is 21.0. The number of rotatable bonds is 6. The van der Waals surface area contributed by atoms with Crippen LogP contribution in [0.15, 0.2) is 34.2 Å². The number of carbonyl (C=O) groups excluding carboxylic acids is 1. The number of benzene rings is 1. The molecule has 1 atom stereocenters. The Bertz CT molecular complexity index is 655. The fourth-order valence-corrected chi connectivity index (χ4v) is 4.82. The van der Waals surface area contributed by atoms with Gasteiger partial charge in [-0.05, 0) is 38.3 Å². The van der Waals surface area contributed by atoms with Gasteiger partial charge in [0.05, 0.1) is 0 Å². The van der Waals surface area contributed by atoms with Crippen LogP contribution in [0.4, 0.5) is 0 Å². The zero-order valence-corrected chi connectivity index (χ0v) is 18.1. The lowest BCUT2D eigenvalue weighted by molar-refractivity contribution is -0.135. The average Bonchev–Trinajstić information content (AvgIpc) is 3.20. The van der Waals surface area contributed by atoms with Gasteiger partial charge in [0, 0.05) is 49.3 Å². The molecule has 1 aromatic rings. The predicted molar refractivity (Wildman–Crippen MR) is 118 cm³/mol. The van der Waals surface area contributed by atoms with E-state index in [9.17, 15) is 4.79 Å². The summed E-state index contributed by atoms with van der Waals surface area (Å²) in [6.07, 6.45) is 6.87. The predicted octanol–water partition coefficient (Wildman–Crippen LogP) is 3.43. The van der Waals surface area contributed by atoms with Crippen molar-refractivity contribution in [1.29, 1.82) is 0 Å². The third-order valence-electron chi connectivity index (χ3n) is 5.70. The van der Waals surface area contributed by atoms with E-state index in [-0.39, 0.29) is 5.92 Å². The summed E-state index contributed by atoms with van der Waals surface area (Å²) < 4.78 is 0. The lowest BCUT2D eigenvalue weighted by atomic mass is 9.88. The molecule has 2 N–H and O–H groups in total. The van der Waals surface area contributed by atoms with Gasteiger partial charge in [-0.1, -0.05) is 37.0 Å². The van der Waals surface area contributed by atoms with E-state index in [1.807, 2.05) is 18.8 Å². The number of aliphatic imine (C=N–C) groups is 1. The fraction of sp³-hybridized carbons (Fsp3) is 0.636. The van der Waals surface area contributed by atoms with Gasteiger partial charge in [-0.25, -0.2) is 0 Å².